The molecule has 1 fully saturated rings. The fourth-order valence-corrected chi connectivity index (χ4v) is 3.42. The summed E-state index contributed by atoms with van der Waals surface area (Å²) < 4.78 is 4.95. The molecule has 6 heteroatoms. The number of aliphatic imine (C=N–C) groups is 1. The van der Waals surface area contributed by atoms with E-state index in [2.05, 4.69) is 28.5 Å². The van der Waals surface area contributed by atoms with Crippen molar-refractivity contribution in [3.63, 3.8) is 0 Å². The van der Waals surface area contributed by atoms with Crippen LogP contribution >= 0.6 is 0 Å². The molecule has 0 aromatic heterocycles. The third kappa shape index (κ3) is 3.49. The highest BCUT2D eigenvalue weighted by Crippen LogP contribution is 2.25. The third-order valence-corrected chi connectivity index (χ3v) is 4.81. The van der Waals surface area contributed by atoms with Gasteiger partial charge in [-0.3, -0.25) is 4.90 Å². The number of hydrogen-bond acceptors (Lipinski definition) is 3. The Kier molecular flexibility index (Phi) is 4.48. The molecule has 0 bridgehead atoms. The summed E-state index contributed by atoms with van der Waals surface area (Å²) in [7, 11) is 0. The molecule has 0 saturated carbocycles. The van der Waals surface area contributed by atoms with Gasteiger partial charge in [0.15, 0.2) is 5.96 Å². The van der Waals surface area contributed by atoms with Gasteiger partial charge in [-0.2, -0.15) is 0 Å². The molecule has 0 unspecified atom stereocenters. The Labute approximate surface area is 152 Å². The van der Waals surface area contributed by atoms with Gasteiger partial charge < -0.3 is 15.8 Å². The van der Waals surface area contributed by atoms with Gasteiger partial charge in [0, 0.05) is 11.4 Å². The van der Waals surface area contributed by atoms with Crippen molar-refractivity contribution in [2.75, 3.05) is 23.4 Å². The molecule has 4 rings (SSSR count). The number of ether oxygens (including phenoxy) is 1. The fraction of sp³-hybridized carbons (Fsp3) is 0.300. The van der Waals surface area contributed by atoms with E-state index in [0.717, 1.165) is 23.4 Å². The van der Waals surface area contributed by atoms with Crippen LogP contribution in [0.15, 0.2) is 47.5 Å². The van der Waals surface area contributed by atoms with E-state index in [1.54, 1.807) is 4.90 Å². The standard InChI is InChI=1S/C20H22N4O2/c21-19(23-17-7-6-15-2-1-3-16(15)12-17)22-13-14-4-8-18(9-5-14)24-10-11-26-20(24)25/h4-9,12H,1-3,10-11,13H2,(H3,21,22,23). The predicted octanol–water partition coefficient (Wildman–Crippen LogP) is 3.06. The number of nitrogens with two attached hydrogens (primary N) is 1. The molecule has 6 nitrogen and oxygen atoms in total. The van der Waals surface area contributed by atoms with Crippen molar-refractivity contribution in [1.29, 1.82) is 0 Å². The maximum Gasteiger partial charge on any atom is 0.414 e. The first-order chi connectivity index (χ1) is 12.7. The number of anilines is 2. The third-order valence-electron chi connectivity index (χ3n) is 4.81. The number of cyclic esters (lactones) is 1. The predicted molar refractivity (Wildman–Crippen MR) is 103 cm³/mol. The minimum atomic E-state index is -0.293. The number of carbonyl (C=O) groups is 1. The molecule has 0 radical (unpaired) electrons. The van der Waals surface area contributed by atoms with E-state index in [1.165, 1.54) is 24.0 Å². The molecule has 1 saturated heterocycles. The average Bonchev–Trinajstić information content (AvgIpc) is 3.29. The van der Waals surface area contributed by atoms with Crippen molar-refractivity contribution in [2.24, 2.45) is 10.7 Å². The summed E-state index contributed by atoms with van der Waals surface area (Å²) in [6.45, 7) is 1.51. The summed E-state index contributed by atoms with van der Waals surface area (Å²) in [4.78, 5) is 17.6. The summed E-state index contributed by atoms with van der Waals surface area (Å²) in [5.41, 5.74) is 11.7. The second-order valence-corrected chi connectivity index (χ2v) is 6.60. The second kappa shape index (κ2) is 7.07. The first-order valence-electron chi connectivity index (χ1n) is 8.91. The molecular formula is C20H22N4O2. The van der Waals surface area contributed by atoms with Gasteiger partial charge in [0.2, 0.25) is 0 Å². The number of amides is 1. The number of guanidine groups is 1. The molecule has 1 amide bonds. The van der Waals surface area contributed by atoms with Crippen molar-refractivity contribution in [1.82, 2.24) is 0 Å². The average molecular weight is 350 g/mol. The van der Waals surface area contributed by atoms with Gasteiger partial charge in [-0.25, -0.2) is 9.79 Å². The van der Waals surface area contributed by atoms with Gasteiger partial charge in [-0.1, -0.05) is 18.2 Å². The lowest BCUT2D eigenvalue weighted by Gasteiger charge is -2.12. The monoisotopic (exact) mass is 350 g/mol. The highest BCUT2D eigenvalue weighted by Gasteiger charge is 2.23. The zero-order valence-corrected chi connectivity index (χ0v) is 14.6. The molecule has 1 heterocycles. The minimum Gasteiger partial charge on any atom is -0.447 e. The quantitative estimate of drug-likeness (QED) is 0.656. The number of nitrogens with zero attached hydrogens (tertiary/aromatic N) is 2. The van der Waals surface area contributed by atoms with Crippen LogP contribution in [0.1, 0.15) is 23.1 Å². The number of carbonyl (C=O) groups excluding carboxylic acids is 1. The van der Waals surface area contributed by atoms with Gasteiger partial charge in [0.05, 0.1) is 13.1 Å². The number of nitrogens with one attached hydrogen (secondary N) is 1. The number of aryl methyl sites for hydroxylation is 2. The van der Waals surface area contributed by atoms with Crippen LogP contribution in [0.25, 0.3) is 0 Å². The maximum atomic E-state index is 11.6. The molecule has 0 atom stereocenters. The largest absolute Gasteiger partial charge is 0.447 e. The van der Waals surface area contributed by atoms with Gasteiger partial charge >= 0.3 is 6.09 Å². The molecule has 26 heavy (non-hydrogen) atoms. The molecule has 2 aromatic rings. The second-order valence-electron chi connectivity index (χ2n) is 6.60. The molecule has 1 aliphatic heterocycles. The van der Waals surface area contributed by atoms with Crippen molar-refractivity contribution < 1.29 is 9.53 Å². The van der Waals surface area contributed by atoms with Crippen LogP contribution < -0.4 is 16.0 Å². The van der Waals surface area contributed by atoms with E-state index in [0.29, 0.717) is 25.7 Å². The van der Waals surface area contributed by atoms with Crippen LogP contribution in [0.5, 0.6) is 0 Å². The summed E-state index contributed by atoms with van der Waals surface area (Å²) in [6.07, 6.45) is 3.25. The zero-order valence-electron chi connectivity index (χ0n) is 14.6. The normalized spacial score (nSPS) is 16.5. The lowest BCUT2D eigenvalue weighted by molar-refractivity contribution is 0.181. The number of hydrogen-bond donors (Lipinski definition) is 2. The van der Waals surface area contributed by atoms with E-state index < -0.39 is 0 Å². The van der Waals surface area contributed by atoms with E-state index in [1.807, 2.05) is 24.3 Å². The van der Waals surface area contributed by atoms with Gasteiger partial charge in [0.25, 0.3) is 0 Å². The summed E-state index contributed by atoms with van der Waals surface area (Å²) >= 11 is 0. The Morgan fingerprint density at radius 3 is 2.73 bits per heavy atom. The molecule has 3 N–H and O–H groups in total. The fourth-order valence-electron chi connectivity index (χ4n) is 3.42. The maximum absolute atomic E-state index is 11.6. The Morgan fingerprint density at radius 1 is 1.15 bits per heavy atom. The first kappa shape index (κ1) is 16.4. The molecule has 2 aliphatic rings. The molecular weight excluding hydrogens is 328 g/mol. The van der Waals surface area contributed by atoms with Crippen LogP contribution in [0.2, 0.25) is 0 Å². The van der Waals surface area contributed by atoms with Crippen LogP contribution in [-0.4, -0.2) is 25.2 Å². The topological polar surface area (TPSA) is 79.9 Å². The first-order valence-corrected chi connectivity index (χ1v) is 8.91. The lowest BCUT2D eigenvalue weighted by atomic mass is 10.1. The SMILES string of the molecule is NC(=NCc1ccc(N2CCOC2=O)cc1)Nc1ccc2c(c1)CCC2. The van der Waals surface area contributed by atoms with Crippen LogP contribution in [0.3, 0.4) is 0 Å². The Balaban J connectivity index is 1.37. The van der Waals surface area contributed by atoms with E-state index >= 15 is 0 Å². The highest BCUT2D eigenvalue weighted by atomic mass is 16.6. The summed E-state index contributed by atoms with van der Waals surface area (Å²) in [5.74, 6) is 0.398. The van der Waals surface area contributed by atoms with Crippen molar-refractivity contribution in [3.8, 4) is 0 Å². The van der Waals surface area contributed by atoms with Crippen LogP contribution in [0.4, 0.5) is 16.2 Å². The molecule has 134 valence electrons. The summed E-state index contributed by atoms with van der Waals surface area (Å²) in [5, 5.41) is 3.16. The number of fused-ring (bicyclic) bond motifs is 1. The van der Waals surface area contributed by atoms with E-state index in [9.17, 15) is 4.79 Å². The molecule has 1 aliphatic carbocycles. The molecule has 2 aromatic carbocycles. The molecule has 0 spiro atoms. The number of rotatable bonds is 4. The van der Waals surface area contributed by atoms with Gasteiger partial charge in [-0.15, -0.1) is 0 Å². The minimum absolute atomic E-state index is 0.293. The van der Waals surface area contributed by atoms with Crippen LogP contribution in [0, 0.1) is 0 Å². The highest BCUT2D eigenvalue weighted by molar-refractivity contribution is 5.92. The van der Waals surface area contributed by atoms with Crippen molar-refractivity contribution >= 4 is 23.4 Å². The van der Waals surface area contributed by atoms with Crippen LogP contribution in [-0.2, 0) is 24.1 Å². The van der Waals surface area contributed by atoms with Gasteiger partial charge in [-0.05, 0) is 60.2 Å². The Bertz CT molecular complexity index is 845. The Morgan fingerprint density at radius 2 is 1.96 bits per heavy atom. The Hall–Kier alpha value is -3.02. The zero-order chi connectivity index (χ0) is 17.9. The van der Waals surface area contributed by atoms with E-state index in [4.69, 9.17) is 10.5 Å². The van der Waals surface area contributed by atoms with Crippen molar-refractivity contribution in [2.45, 2.75) is 25.8 Å². The lowest BCUT2D eigenvalue weighted by Crippen LogP contribution is -2.23. The van der Waals surface area contributed by atoms with Crippen molar-refractivity contribution in [3.05, 3.63) is 59.2 Å². The van der Waals surface area contributed by atoms with Gasteiger partial charge in [0.1, 0.15) is 6.61 Å². The number of benzene rings is 2. The smallest absolute Gasteiger partial charge is 0.414 e. The van der Waals surface area contributed by atoms with E-state index in [-0.39, 0.29) is 6.09 Å². The summed E-state index contributed by atoms with van der Waals surface area (Å²) in [6, 6.07) is 14.1.